The highest BCUT2D eigenvalue weighted by molar-refractivity contribution is 6.13. The molecule has 124 valence electrons. The van der Waals surface area contributed by atoms with Crippen LogP contribution in [-0.2, 0) is 0 Å². The third-order valence-electron chi connectivity index (χ3n) is 5.04. The first-order valence-electron chi connectivity index (χ1n) is 8.67. The van der Waals surface area contributed by atoms with E-state index in [4.69, 9.17) is 0 Å². The van der Waals surface area contributed by atoms with Crippen LogP contribution in [0.3, 0.4) is 0 Å². The van der Waals surface area contributed by atoms with Crippen molar-refractivity contribution >= 4 is 32.6 Å². The van der Waals surface area contributed by atoms with E-state index < -0.39 is 0 Å². The number of para-hydroxylation sites is 2. The second-order valence-corrected chi connectivity index (χ2v) is 6.49. The molecule has 5 aromatic rings. The summed E-state index contributed by atoms with van der Waals surface area (Å²) >= 11 is 0. The molecule has 0 N–H and O–H groups in total. The molecule has 27 heavy (non-hydrogen) atoms. The van der Waals surface area contributed by atoms with Crippen LogP contribution in [0.15, 0.2) is 78.9 Å². The summed E-state index contributed by atoms with van der Waals surface area (Å²) in [6.45, 7) is 0. The Hall–Kier alpha value is -4.08. The topological polar surface area (TPSA) is 52.5 Å². The van der Waals surface area contributed by atoms with Crippen LogP contribution in [0.4, 0.5) is 0 Å². The van der Waals surface area contributed by atoms with E-state index in [1.165, 1.54) is 5.39 Å². The molecule has 0 bridgehead atoms. The summed E-state index contributed by atoms with van der Waals surface area (Å²) in [6.07, 6.45) is 0. The maximum absolute atomic E-state index is 9.68. The van der Waals surface area contributed by atoms with Crippen molar-refractivity contribution < 1.29 is 0 Å². The zero-order chi connectivity index (χ0) is 18.4. The number of aromatic nitrogens is 1. The summed E-state index contributed by atoms with van der Waals surface area (Å²) in [7, 11) is 0. The first-order valence-corrected chi connectivity index (χ1v) is 8.67. The Morgan fingerprint density at radius 1 is 0.593 bits per heavy atom. The van der Waals surface area contributed by atoms with Crippen molar-refractivity contribution in [2.24, 2.45) is 0 Å². The SMILES string of the molecule is N#Cc1cccc(C#N)c1-n1c2ccccc2c2cc3ccccc3cc21. The smallest absolute Gasteiger partial charge is 0.101 e. The normalized spacial score (nSPS) is 10.9. The molecule has 1 heterocycles. The molecular weight excluding hydrogens is 330 g/mol. The van der Waals surface area contributed by atoms with Gasteiger partial charge in [0.05, 0.1) is 27.8 Å². The van der Waals surface area contributed by atoms with Crippen LogP contribution in [0.25, 0.3) is 38.3 Å². The molecule has 0 saturated heterocycles. The minimum atomic E-state index is 0.491. The van der Waals surface area contributed by atoms with Gasteiger partial charge in [-0.2, -0.15) is 10.5 Å². The lowest BCUT2D eigenvalue weighted by molar-refractivity contribution is 1.16. The van der Waals surface area contributed by atoms with Crippen molar-refractivity contribution in [3.63, 3.8) is 0 Å². The van der Waals surface area contributed by atoms with Crippen molar-refractivity contribution in [2.75, 3.05) is 0 Å². The third-order valence-corrected chi connectivity index (χ3v) is 5.04. The van der Waals surface area contributed by atoms with E-state index in [9.17, 15) is 10.5 Å². The van der Waals surface area contributed by atoms with Gasteiger partial charge in [0, 0.05) is 10.8 Å². The lowest BCUT2D eigenvalue weighted by Crippen LogP contribution is -2.01. The zero-order valence-electron chi connectivity index (χ0n) is 14.3. The number of rotatable bonds is 1. The Bertz CT molecular complexity index is 1410. The van der Waals surface area contributed by atoms with E-state index in [1.54, 1.807) is 18.2 Å². The van der Waals surface area contributed by atoms with Crippen molar-refractivity contribution in [1.82, 2.24) is 4.57 Å². The molecule has 0 spiro atoms. The molecule has 0 fully saturated rings. The van der Waals surface area contributed by atoms with E-state index in [-0.39, 0.29) is 0 Å². The summed E-state index contributed by atoms with van der Waals surface area (Å²) in [5.74, 6) is 0. The molecule has 4 aromatic carbocycles. The standard InChI is InChI=1S/C24H13N3/c25-14-18-8-5-9-19(15-26)24(18)27-22-11-4-3-10-20(22)21-12-16-6-1-2-7-17(16)13-23(21)27/h1-13H. The Balaban J connectivity index is 2.06. The van der Waals surface area contributed by atoms with Gasteiger partial charge in [0.1, 0.15) is 12.1 Å². The van der Waals surface area contributed by atoms with Crippen LogP contribution >= 0.6 is 0 Å². The summed E-state index contributed by atoms with van der Waals surface area (Å²) in [4.78, 5) is 0. The second-order valence-electron chi connectivity index (χ2n) is 6.49. The molecule has 1 aromatic heterocycles. The number of fused-ring (bicyclic) bond motifs is 4. The van der Waals surface area contributed by atoms with Gasteiger partial charge in [-0.3, -0.25) is 0 Å². The number of hydrogen-bond donors (Lipinski definition) is 0. The minimum Gasteiger partial charge on any atom is -0.307 e. The van der Waals surface area contributed by atoms with Crippen LogP contribution in [-0.4, -0.2) is 4.57 Å². The summed E-state index contributed by atoms with van der Waals surface area (Å²) < 4.78 is 2.05. The molecule has 0 unspecified atom stereocenters. The molecule has 0 aliphatic carbocycles. The highest BCUT2D eigenvalue weighted by Gasteiger charge is 2.18. The first-order chi connectivity index (χ1) is 13.3. The van der Waals surface area contributed by atoms with Crippen LogP contribution in [0.2, 0.25) is 0 Å². The highest BCUT2D eigenvalue weighted by Crippen LogP contribution is 2.36. The van der Waals surface area contributed by atoms with E-state index in [1.807, 2.05) is 34.9 Å². The number of hydrogen-bond acceptors (Lipinski definition) is 2. The van der Waals surface area contributed by atoms with Gasteiger partial charge < -0.3 is 4.57 Å². The third kappa shape index (κ3) is 2.13. The van der Waals surface area contributed by atoms with Gasteiger partial charge in [-0.1, -0.05) is 48.5 Å². The van der Waals surface area contributed by atoms with Crippen LogP contribution in [0, 0.1) is 22.7 Å². The second kappa shape index (κ2) is 5.73. The van der Waals surface area contributed by atoms with Crippen LogP contribution < -0.4 is 0 Å². The van der Waals surface area contributed by atoms with Gasteiger partial charge in [-0.25, -0.2) is 0 Å². The fourth-order valence-corrected chi connectivity index (χ4v) is 3.86. The Morgan fingerprint density at radius 3 is 1.93 bits per heavy atom. The fourth-order valence-electron chi connectivity index (χ4n) is 3.86. The molecule has 3 nitrogen and oxygen atoms in total. The average Bonchev–Trinajstić information content (AvgIpc) is 3.04. The van der Waals surface area contributed by atoms with Crippen LogP contribution in [0.5, 0.6) is 0 Å². The van der Waals surface area contributed by atoms with Crippen molar-refractivity contribution in [3.8, 4) is 17.8 Å². The average molecular weight is 343 g/mol. The molecular formula is C24H13N3. The molecule has 0 aliphatic heterocycles. The van der Waals surface area contributed by atoms with Crippen molar-refractivity contribution in [2.45, 2.75) is 0 Å². The molecule has 0 aliphatic rings. The predicted molar refractivity (Wildman–Crippen MR) is 108 cm³/mol. The van der Waals surface area contributed by atoms with Gasteiger partial charge >= 0.3 is 0 Å². The van der Waals surface area contributed by atoms with E-state index in [2.05, 4.69) is 42.5 Å². The number of nitrogens with zero attached hydrogens (tertiary/aromatic N) is 3. The summed E-state index contributed by atoms with van der Waals surface area (Å²) in [5, 5.41) is 23.9. The van der Waals surface area contributed by atoms with E-state index in [0.717, 1.165) is 27.2 Å². The maximum atomic E-state index is 9.68. The number of benzene rings is 4. The quantitative estimate of drug-likeness (QED) is 0.393. The Morgan fingerprint density at radius 2 is 1.22 bits per heavy atom. The lowest BCUT2D eigenvalue weighted by Gasteiger charge is -2.12. The van der Waals surface area contributed by atoms with Crippen LogP contribution in [0.1, 0.15) is 11.1 Å². The van der Waals surface area contributed by atoms with E-state index in [0.29, 0.717) is 16.8 Å². The van der Waals surface area contributed by atoms with Crippen molar-refractivity contribution in [3.05, 3.63) is 90.0 Å². The number of nitriles is 2. The van der Waals surface area contributed by atoms with Gasteiger partial charge in [-0.05, 0) is 41.1 Å². The molecule has 0 amide bonds. The molecule has 0 atom stereocenters. The molecule has 0 radical (unpaired) electrons. The van der Waals surface area contributed by atoms with Gasteiger partial charge in [0.15, 0.2) is 0 Å². The van der Waals surface area contributed by atoms with Gasteiger partial charge in [-0.15, -0.1) is 0 Å². The summed E-state index contributed by atoms with van der Waals surface area (Å²) in [6, 6.07) is 30.5. The van der Waals surface area contributed by atoms with Gasteiger partial charge in [0.2, 0.25) is 0 Å². The van der Waals surface area contributed by atoms with Gasteiger partial charge in [0.25, 0.3) is 0 Å². The molecule has 0 saturated carbocycles. The molecule has 3 heteroatoms. The molecule has 5 rings (SSSR count). The van der Waals surface area contributed by atoms with E-state index >= 15 is 0 Å². The largest absolute Gasteiger partial charge is 0.307 e. The Labute approximate surface area is 155 Å². The monoisotopic (exact) mass is 343 g/mol. The lowest BCUT2D eigenvalue weighted by atomic mass is 10.1. The Kier molecular flexibility index (Phi) is 3.22. The predicted octanol–water partition coefficient (Wildman–Crippen LogP) is 5.68. The van der Waals surface area contributed by atoms with Crippen molar-refractivity contribution in [1.29, 1.82) is 10.5 Å². The summed E-state index contributed by atoms with van der Waals surface area (Å²) in [5.41, 5.74) is 3.61. The fraction of sp³-hybridized carbons (Fsp3) is 0. The zero-order valence-corrected chi connectivity index (χ0v) is 14.3. The maximum Gasteiger partial charge on any atom is 0.101 e. The first kappa shape index (κ1) is 15.2. The minimum absolute atomic E-state index is 0.491. The highest BCUT2D eigenvalue weighted by atomic mass is 15.0.